The molecule has 0 aliphatic carbocycles. The Hall–Kier alpha value is -0.200. The average Bonchev–Trinajstić information content (AvgIpc) is 2.06. The van der Waals surface area contributed by atoms with Gasteiger partial charge in [-0.05, 0) is 7.05 Å². The number of hydrogen-bond acceptors (Lipinski definition) is 5. The average molecular weight is 178 g/mol. The van der Waals surface area contributed by atoms with E-state index in [1.165, 1.54) is 0 Å². The minimum Gasteiger partial charge on any atom is -0.382 e. The predicted octanol–water partition coefficient (Wildman–Crippen LogP) is -0.654. The second kappa shape index (κ2) is 8.89. The molecule has 0 aliphatic heterocycles. The van der Waals surface area contributed by atoms with Gasteiger partial charge in [-0.1, -0.05) is 0 Å². The Labute approximate surface area is 73.3 Å². The first-order valence-electron chi connectivity index (χ1n) is 3.84. The van der Waals surface area contributed by atoms with Gasteiger partial charge in [0.2, 0.25) is 0 Å². The molecule has 0 saturated carbocycles. The van der Waals surface area contributed by atoms with E-state index < -0.39 is 0 Å². The Bertz CT molecular complexity index is 86.7. The van der Waals surface area contributed by atoms with Crippen LogP contribution in [0.1, 0.15) is 0 Å². The van der Waals surface area contributed by atoms with Crippen molar-refractivity contribution in [2.75, 3.05) is 41.2 Å². The van der Waals surface area contributed by atoms with Crippen LogP contribution in [-0.4, -0.2) is 47.3 Å². The molecule has 0 spiro atoms. The van der Waals surface area contributed by atoms with Gasteiger partial charge in [0.15, 0.2) is 0 Å². The van der Waals surface area contributed by atoms with Crippen molar-refractivity contribution in [1.82, 2.24) is 10.9 Å². The Morgan fingerprint density at radius 3 is 2.17 bits per heavy atom. The summed E-state index contributed by atoms with van der Waals surface area (Å²) in [5.74, 6) is 0. The summed E-state index contributed by atoms with van der Waals surface area (Å²) in [6, 6.07) is 0. The quantitative estimate of drug-likeness (QED) is 0.294. The number of ether oxygens (including phenoxy) is 3. The van der Waals surface area contributed by atoms with Crippen molar-refractivity contribution in [3.05, 3.63) is 0 Å². The number of nitrogens with one attached hydrogen (secondary N) is 2. The van der Waals surface area contributed by atoms with Crippen LogP contribution in [0.25, 0.3) is 0 Å². The molecule has 0 heterocycles. The van der Waals surface area contributed by atoms with Gasteiger partial charge in [0, 0.05) is 14.2 Å². The monoisotopic (exact) mass is 178 g/mol. The van der Waals surface area contributed by atoms with Crippen molar-refractivity contribution in [3.63, 3.8) is 0 Å². The molecule has 12 heavy (non-hydrogen) atoms. The molecule has 5 nitrogen and oxygen atoms in total. The molecule has 0 aromatic carbocycles. The van der Waals surface area contributed by atoms with E-state index >= 15 is 0 Å². The van der Waals surface area contributed by atoms with E-state index in [2.05, 4.69) is 10.9 Å². The molecular formula is C7H18N2O3. The fraction of sp³-hybridized carbons (Fsp3) is 1.00. The van der Waals surface area contributed by atoms with E-state index in [0.29, 0.717) is 19.9 Å². The van der Waals surface area contributed by atoms with E-state index in [-0.39, 0.29) is 6.10 Å². The first-order chi connectivity index (χ1) is 5.85. The minimum absolute atomic E-state index is 0.0131. The fourth-order valence-electron chi connectivity index (χ4n) is 0.748. The molecule has 74 valence electrons. The van der Waals surface area contributed by atoms with Crippen LogP contribution in [0.3, 0.4) is 0 Å². The number of hydrogen-bond donors (Lipinski definition) is 2. The third-order valence-electron chi connectivity index (χ3n) is 1.27. The lowest BCUT2D eigenvalue weighted by molar-refractivity contribution is -0.0494. The lowest BCUT2D eigenvalue weighted by atomic mass is 10.4. The van der Waals surface area contributed by atoms with Gasteiger partial charge in [-0.2, -0.15) is 0 Å². The Kier molecular flexibility index (Phi) is 8.74. The van der Waals surface area contributed by atoms with Crippen molar-refractivity contribution in [3.8, 4) is 0 Å². The Morgan fingerprint density at radius 1 is 1.17 bits per heavy atom. The summed E-state index contributed by atoms with van der Waals surface area (Å²) in [6.45, 7) is 1.52. The van der Waals surface area contributed by atoms with Gasteiger partial charge in [-0.15, -0.1) is 0 Å². The maximum atomic E-state index is 5.34. The summed E-state index contributed by atoms with van der Waals surface area (Å²) in [6.07, 6.45) is -0.0131. The molecule has 0 fully saturated rings. The van der Waals surface area contributed by atoms with Crippen LogP contribution in [0.4, 0.5) is 0 Å². The molecule has 0 bridgehead atoms. The van der Waals surface area contributed by atoms with Gasteiger partial charge in [-0.25, -0.2) is 5.43 Å². The fourth-order valence-corrected chi connectivity index (χ4v) is 0.748. The highest BCUT2D eigenvalue weighted by atomic mass is 16.6. The van der Waals surface area contributed by atoms with Gasteiger partial charge in [0.25, 0.3) is 0 Å². The van der Waals surface area contributed by atoms with Crippen LogP contribution >= 0.6 is 0 Å². The summed E-state index contributed by atoms with van der Waals surface area (Å²) < 4.78 is 15.2. The van der Waals surface area contributed by atoms with Crippen LogP contribution in [0.2, 0.25) is 0 Å². The highest BCUT2D eigenvalue weighted by Gasteiger charge is 2.06. The lowest BCUT2D eigenvalue weighted by Crippen LogP contribution is -2.35. The Morgan fingerprint density at radius 2 is 1.75 bits per heavy atom. The molecular weight excluding hydrogens is 160 g/mol. The maximum absolute atomic E-state index is 5.34. The normalized spacial score (nSPS) is 11.0. The Balaban J connectivity index is 3.34. The molecule has 0 radical (unpaired) electrons. The van der Waals surface area contributed by atoms with Crippen LogP contribution in [0.15, 0.2) is 0 Å². The topological polar surface area (TPSA) is 51.8 Å². The third-order valence-corrected chi connectivity index (χ3v) is 1.27. The van der Waals surface area contributed by atoms with Crippen LogP contribution in [0, 0.1) is 0 Å². The lowest BCUT2D eigenvalue weighted by Gasteiger charge is -2.15. The summed E-state index contributed by atoms with van der Waals surface area (Å²) >= 11 is 0. The van der Waals surface area contributed by atoms with Crippen molar-refractivity contribution >= 4 is 0 Å². The first-order valence-corrected chi connectivity index (χ1v) is 3.84. The van der Waals surface area contributed by atoms with Gasteiger partial charge in [-0.3, -0.25) is 5.43 Å². The highest BCUT2D eigenvalue weighted by Crippen LogP contribution is 1.91. The number of hydrazine groups is 1. The maximum Gasteiger partial charge on any atom is 0.109 e. The zero-order valence-corrected chi connectivity index (χ0v) is 7.92. The highest BCUT2D eigenvalue weighted by molar-refractivity contribution is 4.53. The summed E-state index contributed by atoms with van der Waals surface area (Å²) in [7, 11) is 5.06. The van der Waals surface area contributed by atoms with E-state index in [1.54, 1.807) is 21.3 Å². The van der Waals surface area contributed by atoms with Crippen LogP contribution in [0.5, 0.6) is 0 Å². The standard InChI is InChI=1S/C7H18N2O3/c1-8-9-6-12-7(4-10-2)5-11-3/h7-9H,4-6H2,1-3H3. The molecule has 0 aromatic heterocycles. The van der Waals surface area contributed by atoms with E-state index in [0.717, 1.165) is 0 Å². The van der Waals surface area contributed by atoms with Crippen LogP contribution in [-0.2, 0) is 14.2 Å². The minimum atomic E-state index is -0.0131. The second-order valence-electron chi connectivity index (χ2n) is 2.27. The van der Waals surface area contributed by atoms with Gasteiger partial charge < -0.3 is 14.2 Å². The summed E-state index contributed by atoms with van der Waals surface area (Å²) in [4.78, 5) is 0. The third kappa shape index (κ3) is 6.51. The molecule has 0 atom stereocenters. The zero-order valence-electron chi connectivity index (χ0n) is 7.92. The van der Waals surface area contributed by atoms with Crippen LogP contribution < -0.4 is 10.9 Å². The summed E-state index contributed by atoms with van der Waals surface area (Å²) in [5, 5.41) is 0. The van der Waals surface area contributed by atoms with E-state index in [4.69, 9.17) is 14.2 Å². The molecule has 0 rings (SSSR count). The first kappa shape index (κ1) is 11.8. The zero-order chi connectivity index (χ0) is 9.23. The molecule has 2 N–H and O–H groups in total. The predicted molar refractivity (Wildman–Crippen MR) is 45.7 cm³/mol. The largest absolute Gasteiger partial charge is 0.382 e. The number of rotatable bonds is 8. The SMILES string of the molecule is CNNCOC(COC)COC. The van der Waals surface area contributed by atoms with E-state index in [9.17, 15) is 0 Å². The van der Waals surface area contributed by atoms with E-state index in [1.807, 2.05) is 0 Å². The molecule has 0 amide bonds. The van der Waals surface area contributed by atoms with Gasteiger partial charge >= 0.3 is 0 Å². The van der Waals surface area contributed by atoms with Crippen molar-refractivity contribution < 1.29 is 14.2 Å². The van der Waals surface area contributed by atoms with Crippen molar-refractivity contribution in [2.45, 2.75) is 6.10 Å². The molecule has 0 aliphatic rings. The van der Waals surface area contributed by atoms with Crippen molar-refractivity contribution in [1.29, 1.82) is 0 Å². The summed E-state index contributed by atoms with van der Waals surface area (Å²) in [5.41, 5.74) is 5.56. The molecule has 0 aromatic rings. The molecule has 0 saturated heterocycles. The second-order valence-corrected chi connectivity index (χ2v) is 2.27. The molecule has 0 unspecified atom stereocenters. The number of methoxy groups -OCH3 is 2. The van der Waals surface area contributed by atoms with Crippen molar-refractivity contribution in [2.24, 2.45) is 0 Å². The van der Waals surface area contributed by atoms with Gasteiger partial charge in [0.05, 0.1) is 13.2 Å². The molecule has 5 heteroatoms. The van der Waals surface area contributed by atoms with Gasteiger partial charge in [0.1, 0.15) is 12.8 Å². The smallest absolute Gasteiger partial charge is 0.109 e.